The number of nitrogens with one attached hydrogen (secondary N) is 1. The lowest BCUT2D eigenvalue weighted by Crippen LogP contribution is -2.20. The van der Waals surface area contributed by atoms with Crippen LogP contribution >= 0.6 is 0 Å². The molecule has 24 heavy (non-hydrogen) atoms. The first-order chi connectivity index (χ1) is 11.5. The minimum atomic E-state index is -0.632. The molecule has 0 aliphatic rings. The average molecular weight is 327 g/mol. The van der Waals surface area contributed by atoms with Crippen molar-refractivity contribution in [1.29, 1.82) is 0 Å². The zero-order chi connectivity index (χ0) is 17.5. The molecule has 0 unspecified atom stereocenters. The van der Waals surface area contributed by atoms with Crippen molar-refractivity contribution in [2.45, 2.75) is 13.8 Å². The van der Waals surface area contributed by atoms with Gasteiger partial charge in [0, 0.05) is 6.07 Å². The van der Waals surface area contributed by atoms with Gasteiger partial charge in [-0.3, -0.25) is 14.9 Å². The van der Waals surface area contributed by atoms with Gasteiger partial charge in [0.2, 0.25) is 0 Å². The number of nitrogens with zero attached hydrogens (tertiary/aromatic N) is 2. The lowest BCUT2D eigenvalue weighted by atomic mass is 10.1. The highest BCUT2D eigenvalue weighted by Crippen LogP contribution is 2.17. The van der Waals surface area contributed by atoms with Gasteiger partial charge >= 0.3 is 0 Å². The van der Waals surface area contributed by atoms with Crippen LogP contribution in [-0.2, 0) is 0 Å². The van der Waals surface area contributed by atoms with Crippen molar-refractivity contribution in [2.75, 3.05) is 6.61 Å². The van der Waals surface area contributed by atoms with Crippen LogP contribution in [0.2, 0.25) is 0 Å². The number of ether oxygens (including phenoxy) is 1. The second-order valence-corrected chi connectivity index (χ2v) is 4.87. The van der Waals surface area contributed by atoms with E-state index < -0.39 is 10.8 Å². The van der Waals surface area contributed by atoms with E-state index in [2.05, 4.69) is 10.5 Å². The summed E-state index contributed by atoms with van der Waals surface area (Å²) in [4.78, 5) is 22.5. The van der Waals surface area contributed by atoms with Crippen molar-refractivity contribution in [1.82, 2.24) is 5.43 Å². The second-order valence-electron chi connectivity index (χ2n) is 4.87. The molecule has 2 aromatic rings. The zero-order valence-corrected chi connectivity index (χ0v) is 13.4. The first-order valence-corrected chi connectivity index (χ1v) is 7.34. The third kappa shape index (κ3) is 4.16. The van der Waals surface area contributed by atoms with Crippen molar-refractivity contribution in [3.8, 4) is 5.75 Å². The van der Waals surface area contributed by atoms with Crippen molar-refractivity contribution < 1.29 is 14.5 Å². The summed E-state index contributed by atoms with van der Waals surface area (Å²) in [6.07, 6.45) is 0. The van der Waals surface area contributed by atoms with Crippen LogP contribution in [0.4, 0.5) is 5.69 Å². The fourth-order valence-corrected chi connectivity index (χ4v) is 2.04. The van der Waals surface area contributed by atoms with Gasteiger partial charge in [-0.05, 0) is 49.7 Å². The third-order valence-corrected chi connectivity index (χ3v) is 3.25. The molecule has 1 N–H and O–H groups in total. The Bertz CT molecular complexity index is 770. The van der Waals surface area contributed by atoms with E-state index in [0.29, 0.717) is 12.3 Å². The largest absolute Gasteiger partial charge is 0.494 e. The second kappa shape index (κ2) is 7.87. The summed E-state index contributed by atoms with van der Waals surface area (Å²) in [5.74, 6) is 0.116. The van der Waals surface area contributed by atoms with Crippen molar-refractivity contribution in [3.05, 3.63) is 69.8 Å². The fraction of sp³-hybridized carbons (Fsp3) is 0.176. The number of nitro groups is 1. The number of carbonyl (C=O) groups is 1. The highest BCUT2D eigenvalue weighted by Gasteiger charge is 2.18. The molecule has 0 bridgehead atoms. The van der Waals surface area contributed by atoms with Gasteiger partial charge in [0.05, 0.1) is 17.2 Å². The van der Waals surface area contributed by atoms with Gasteiger partial charge in [-0.2, -0.15) is 5.10 Å². The lowest BCUT2D eigenvalue weighted by Gasteiger charge is -2.06. The molecule has 0 radical (unpaired) electrons. The van der Waals surface area contributed by atoms with Crippen molar-refractivity contribution in [3.63, 3.8) is 0 Å². The molecule has 7 nitrogen and oxygen atoms in total. The Labute approximate surface area is 139 Å². The predicted octanol–water partition coefficient (Wildman–Crippen LogP) is 3.15. The summed E-state index contributed by atoms with van der Waals surface area (Å²) in [5, 5.41) is 14.9. The Kier molecular flexibility index (Phi) is 5.62. The van der Waals surface area contributed by atoms with Crippen LogP contribution < -0.4 is 10.2 Å². The molecule has 0 heterocycles. The topological polar surface area (TPSA) is 93.8 Å². The number of benzene rings is 2. The molecule has 1 amide bonds. The van der Waals surface area contributed by atoms with Crippen LogP contribution in [0, 0.1) is 10.1 Å². The Hall–Kier alpha value is -3.22. The normalized spacial score (nSPS) is 11.0. The van der Waals surface area contributed by atoms with E-state index in [1.165, 1.54) is 18.2 Å². The van der Waals surface area contributed by atoms with E-state index >= 15 is 0 Å². The highest BCUT2D eigenvalue weighted by atomic mass is 16.6. The van der Waals surface area contributed by atoms with E-state index in [9.17, 15) is 14.9 Å². The molecule has 0 atom stereocenters. The van der Waals surface area contributed by atoms with Crippen molar-refractivity contribution >= 4 is 17.3 Å². The Morgan fingerprint density at radius 1 is 1.21 bits per heavy atom. The lowest BCUT2D eigenvalue weighted by molar-refractivity contribution is -0.385. The summed E-state index contributed by atoms with van der Waals surface area (Å²) in [6, 6.07) is 13.0. The molecule has 0 saturated heterocycles. The molecule has 0 fully saturated rings. The highest BCUT2D eigenvalue weighted by molar-refractivity contribution is 6.02. The van der Waals surface area contributed by atoms with Gasteiger partial charge in [0.1, 0.15) is 11.3 Å². The number of carbonyl (C=O) groups excluding carboxylic acids is 1. The Balaban J connectivity index is 2.12. The van der Waals surface area contributed by atoms with Crippen LogP contribution in [0.15, 0.2) is 53.6 Å². The number of hydrogen-bond donors (Lipinski definition) is 1. The van der Waals surface area contributed by atoms with E-state index in [0.717, 1.165) is 11.3 Å². The molecule has 2 rings (SSSR count). The molecule has 0 aliphatic carbocycles. The molecule has 0 aromatic heterocycles. The minimum absolute atomic E-state index is 0.0363. The molecule has 0 spiro atoms. The Morgan fingerprint density at radius 2 is 1.88 bits per heavy atom. The zero-order valence-electron chi connectivity index (χ0n) is 13.4. The molecule has 0 aliphatic heterocycles. The third-order valence-electron chi connectivity index (χ3n) is 3.25. The first kappa shape index (κ1) is 17.1. The van der Waals surface area contributed by atoms with Gasteiger partial charge in [-0.1, -0.05) is 12.1 Å². The average Bonchev–Trinajstić information content (AvgIpc) is 2.60. The smallest absolute Gasteiger partial charge is 0.282 e. The van der Waals surface area contributed by atoms with Crippen LogP contribution in [0.25, 0.3) is 0 Å². The molecule has 7 heteroatoms. The molecule has 0 saturated carbocycles. The van der Waals surface area contributed by atoms with Gasteiger partial charge in [-0.25, -0.2) is 5.43 Å². The van der Waals surface area contributed by atoms with Gasteiger partial charge < -0.3 is 4.74 Å². The quantitative estimate of drug-likeness (QED) is 0.501. The molecule has 2 aromatic carbocycles. The van der Waals surface area contributed by atoms with Crippen molar-refractivity contribution in [2.24, 2.45) is 5.10 Å². The number of amides is 1. The van der Waals surface area contributed by atoms with Crippen LogP contribution in [0.3, 0.4) is 0 Å². The standard InChI is InChI=1S/C17H17N3O4/c1-3-24-14-10-8-13(9-11-14)12(2)18-19-17(21)15-6-4-5-7-16(15)20(22)23/h4-11H,3H2,1-2H3,(H,19,21)/b18-12-. The monoisotopic (exact) mass is 327 g/mol. The molecule has 124 valence electrons. The first-order valence-electron chi connectivity index (χ1n) is 7.34. The maximum absolute atomic E-state index is 12.1. The molecular formula is C17H17N3O4. The summed E-state index contributed by atoms with van der Waals surface area (Å²) in [5.41, 5.74) is 3.43. The van der Waals surface area contributed by atoms with Gasteiger partial charge in [-0.15, -0.1) is 0 Å². The van der Waals surface area contributed by atoms with E-state index in [1.807, 2.05) is 31.2 Å². The number of hydrazone groups is 1. The van der Waals surface area contributed by atoms with Gasteiger partial charge in [0.25, 0.3) is 11.6 Å². The summed E-state index contributed by atoms with van der Waals surface area (Å²) >= 11 is 0. The van der Waals surface area contributed by atoms with E-state index in [1.54, 1.807) is 13.0 Å². The van der Waals surface area contributed by atoms with Gasteiger partial charge in [0.15, 0.2) is 0 Å². The number of rotatable bonds is 6. The minimum Gasteiger partial charge on any atom is -0.494 e. The van der Waals surface area contributed by atoms with Crippen LogP contribution in [0.1, 0.15) is 29.8 Å². The maximum atomic E-state index is 12.1. The maximum Gasteiger partial charge on any atom is 0.282 e. The number of nitro benzene ring substituents is 1. The predicted molar refractivity (Wildman–Crippen MR) is 90.4 cm³/mol. The SMILES string of the molecule is CCOc1ccc(/C(C)=N\NC(=O)c2ccccc2[N+](=O)[O-])cc1. The van der Waals surface area contributed by atoms with E-state index in [-0.39, 0.29) is 11.3 Å². The van der Waals surface area contributed by atoms with Crippen LogP contribution in [0.5, 0.6) is 5.75 Å². The Morgan fingerprint density at radius 3 is 2.50 bits per heavy atom. The number of hydrogen-bond acceptors (Lipinski definition) is 5. The summed E-state index contributed by atoms with van der Waals surface area (Å²) in [6.45, 7) is 4.21. The van der Waals surface area contributed by atoms with Crippen LogP contribution in [-0.4, -0.2) is 23.1 Å². The molecular weight excluding hydrogens is 310 g/mol. The summed E-state index contributed by atoms with van der Waals surface area (Å²) < 4.78 is 5.36. The fourth-order valence-electron chi connectivity index (χ4n) is 2.04. The summed E-state index contributed by atoms with van der Waals surface area (Å²) in [7, 11) is 0. The number of para-hydroxylation sites is 1. The van der Waals surface area contributed by atoms with E-state index in [4.69, 9.17) is 4.74 Å².